The van der Waals surface area contributed by atoms with Crippen LogP contribution >= 0.6 is 45.2 Å². The van der Waals surface area contributed by atoms with Crippen LogP contribution in [0.1, 0.15) is 0 Å². The molecule has 6 aromatic carbocycles. The zero-order valence-corrected chi connectivity index (χ0v) is 27.9. The molecule has 6 heteroatoms. The molecule has 0 spiro atoms. The van der Waals surface area contributed by atoms with E-state index in [1.54, 1.807) is 0 Å². The average molecular weight is 796 g/mol. The predicted octanol–water partition coefficient (Wildman–Crippen LogP) is 11.1. The summed E-state index contributed by atoms with van der Waals surface area (Å²) < 4.78 is 17.3. The number of halogens is 2. The van der Waals surface area contributed by atoms with E-state index in [4.69, 9.17) is 9.47 Å². The monoisotopic (exact) mass is 796 g/mol. The van der Waals surface area contributed by atoms with Gasteiger partial charge in [0.1, 0.15) is 20.7 Å². The highest BCUT2D eigenvalue weighted by Crippen LogP contribution is 2.38. The van der Waals surface area contributed by atoms with Crippen LogP contribution in [0.5, 0.6) is 11.5 Å². The molecule has 0 aliphatic rings. The molecule has 214 valence electrons. The zero-order valence-electron chi connectivity index (χ0n) is 23.6. The lowest BCUT2D eigenvalue weighted by atomic mass is 10.0. The summed E-state index contributed by atoms with van der Waals surface area (Å²) in [4.78, 5) is 0. The predicted molar refractivity (Wildman–Crippen MR) is 200 cm³/mol. The number of para-hydroxylation sites is 2. The fraction of sp³-hybridized carbons (Fsp3) is 0.0526. The number of hydrogen-bond acceptors (Lipinski definition) is 2. The third kappa shape index (κ3) is 4.62. The van der Waals surface area contributed by atoms with Crippen molar-refractivity contribution in [2.24, 2.45) is 0 Å². The zero-order chi connectivity index (χ0) is 29.6. The number of nitrogens with zero attached hydrogens (tertiary/aromatic N) is 2. The van der Waals surface area contributed by atoms with Gasteiger partial charge in [-0.1, -0.05) is 48.5 Å². The van der Waals surface area contributed by atoms with Crippen LogP contribution in [0.2, 0.25) is 0 Å². The van der Waals surface area contributed by atoms with E-state index in [1.807, 2.05) is 24.3 Å². The fourth-order valence-electron chi connectivity index (χ4n) is 6.37. The summed E-state index contributed by atoms with van der Waals surface area (Å²) in [5.41, 5.74) is 9.39. The van der Waals surface area contributed by atoms with E-state index < -0.39 is 0 Å². The summed E-state index contributed by atoms with van der Waals surface area (Å²) >= 11 is 4.45. The number of ether oxygens (including phenoxy) is 2. The molecule has 0 bridgehead atoms. The summed E-state index contributed by atoms with van der Waals surface area (Å²) in [6.07, 6.45) is 0. The van der Waals surface area contributed by atoms with E-state index in [1.165, 1.54) is 54.7 Å². The minimum absolute atomic E-state index is 0.628. The summed E-state index contributed by atoms with van der Waals surface area (Å²) in [5, 5.41) is 4.96. The molecular weight excluding hydrogens is 770 g/mol. The van der Waals surface area contributed by atoms with Crippen LogP contribution in [-0.4, -0.2) is 18.4 Å². The van der Waals surface area contributed by atoms with Gasteiger partial charge >= 0.3 is 0 Å². The lowest BCUT2D eigenvalue weighted by Gasteiger charge is -2.10. The Morgan fingerprint density at radius 1 is 0.409 bits per heavy atom. The highest BCUT2D eigenvalue weighted by Gasteiger charge is 2.16. The van der Waals surface area contributed by atoms with Crippen LogP contribution in [0.4, 0.5) is 0 Å². The third-order valence-electron chi connectivity index (χ3n) is 8.31. The summed E-state index contributed by atoms with van der Waals surface area (Å²) in [7, 11) is 0. The van der Waals surface area contributed by atoms with Crippen LogP contribution in [0.3, 0.4) is 0 Å². The molecular formula is C38H26I2N2O2. The Balaban J connectivity index is 1.27. The van der Waals surface area contributed by atoms with Gasteiger partial charge in [0.2, 0.25) is 0 Å². The van der Waals surface area contributed by atoms with Crippen molar-refractivity contribution >= 4 is 88.8 Å². The molecule has 0 N–H and O–H groups in total. The van der Waals surface area contributed by atoms with Crippen LogP contribution < -0.4 is 9.47 Å². The minimum Gasteiger partial charge on any atom is -0.483 e. The van der Waals surface area contributed by atoms with Crippen LogP contribution in [0.25, 0.3) is 66.1 Å². The van der Waals surface area contributed by atoms with E-state index in [-0.39, 0.29) is 0 Å². The van der Waals surface area contributed by atoms with Crippen molar-refractivity contribution in [1.82, 2.24) is 9.13 Å². The molecule has 0 aliphatic carbocycles. The first-order chi connectivity index (χ1) is 21.7. The molecule has 0 radical (unpaired) electrons. The lowest BCUT2D eigenvalue weighted by molar-refractivity contribution is 0.404. The van der Waals surface area contributed by atoms with Gasteiger partial charge in [-0.25, -0.2) is 0 Å². The SMILES string of the molecule is ICOc1ccc(-n2c3ccccc3c3cc(-c4ccc5c(c4)c4ccccc4n5-c4ccc(OCI)cc4)ccc32)cc1. The summed E-state index contributed by atoms with van der Waals surface area (Å²) in [5.74, 6) is 1.76. The maximum absolute atomic E-state index is 5.69. The quantitative estimate of drug-likeness (QED) is 0.119. The second-order valence-corrected chi connectivity index (χ2v) is 11.9. The molecule has 2 heterocycles. The molecule has 8 aromatic rings. The molecule has 4 nitrogen and oxygen atoms in total. The Bertz CT molecular complexity index is 2140. The molecule has 0 saturated carbocycles. The average Bonchev–Trinajstić information content (AvgIpc) is 3.58. The second kappa shape index (κ2) is 11.5. The van der Waals surface area contributed by atoms with E-state index in [0.717, 1.165) is 22.9 Å². The van der Waals surface area contributed by atoms with E-state index in [9.17, 15) is 0 Å². The second-order valence-electron chi connectivity index (χ2n) is 10.7. The van der Waals surface area contributed by atoms with Crippen molar-refractivity contribution in [3.8, 4) is 34.0 Å². The number of rotatable bonds is 7. The molecule has 0 atom stereocenters. The Hall–Kier alpha value is -4.02. The maximum atomic E-state index is 5.69. The summed E-state index contributed by atoms with van der Waals surface area (Å²) in [6.45, 7) is 0. The maximum Gasteiger partial charge on any atom is 0.139 e. The first-order valence-electron chi connectivity index (χ1n) is 14.4. The smallest absolute Gasteiger partial charge is 0.139 e. The van der Waals surface area contributed by atoms with Gasteiger partial charge in [-0.3, -0.25) is 0 Å². The van der Waals surface area contributed by atoms with E-state index >= 15 is 0 Å². The lowest BCUT2D eigenvalue weighted by Crippen LogP contribution is -1.95. The molecule has 44 heavy (non-hydrogen) atoms. The van der Waals surface area contributed by atoms with Gasteiger partial charge in [-0.15, -0.1) is 0 Å². The van der Waals surface area contributed by atoms with E-state index in [2.05, 4.69) is 164 Å². The van der Waals surface area contributed by atoms with Crippen molar-refractivity contribution in [1.29, 1.82) is 0 Å². The number of benzene rings is 6. The Morgan fingerprint density at radius 3 is 1.20 bits per heavy atom. The van der Waals surface area contributed by atoms with Gasteiger partial charge < -0.3 is 18.6 Å². The Morgan fingerprint density at radius 2 is 0.795 bits per heavy atom. The van der Waals surface area contributed by atoms with E-state index in [0.29, 0.717) is 9.23 Å². The molecule has 0 aliphatic heterocycles. The number of fused-ring (bicyclic) bond motifs is 6. The minimum atomic E-state index is 0.628. The van der Waals surface area contributed by atoms with Crippen molar-refractivity contribution < 1.29 is 9.47 Å². The van der Waals surface area contributed by atoms with Crippen molar-refractivity contribution in [2.75, 3.05) is 9.23 Å². The summed E-state index contributed by atoms with van der Waals surface area (Å²) in [6, 6.07) is 47.7. The fourth-order valence-corrected chi connectivity index (χ4v) is 7.09. The normalized spacial score (nSPS) is 11.6. The number of alkyl halides is 2. The first-order valence-corrected chi connectivity index (χ1v) is 17.4. The first kappa shape index (κ1) is 27.5. The van der Waals surface area contributed by atoms with Crippen molar-refractivity contribution in [3.05, 3.63) is 133 Å². The highest BCUT2D eigenvalue weighted by molar-refractivity contribution is 14.1. The molecule has 8 rings (SSSR count). The molecule has 0 fully saturated rings. The molecule has 0 amide bonds. The van der Waals surface area contributed by atoms with Crippen LogP contribution in [-0.2, 0) is 0 Å². The van der Waals surface area contributed by atoms with Crippen molar-refractivity contribution in [2.45, 2.75) is 0 Å². The van der Waals surface area contributed by atoms with Crippen LogP contribution in [0, 0.1) is 0 Å². The largest absolute Gasteiger partial charge is 0.483 e. The van der Waals surface area contributed by atoms with Gasteiger partial charge in [0.15, 0.2) is 0 Å². The van der Waals surface area contributed by atoms with Gasteiger partial charge in [0.25, 0.3) is 0 Å². The Kier molecular flexibility index (Phi) is 7.18. The van der Waals surface area contributed by atoms with Gasteiger partial charge in [0, 0.05) is 32.9 Å². The van der Waals surface area contributed by atoms with Crippen LogP contribution in [0.15, 0.2) is 133 Å². The molecule has 0 saturated heterocycles. The topological polar surface area (TPSA) is 28.3 Å². The van der Waals surface area contributed by atoms with Crippen molar-refractivity contribution in [3.63, 3.8) is 0 Å². The molecule has 0 unspecified atom stereocenters. The molecule has 2 aromatic heterocycles. The highest BCUT2D eigenvalue weighted by atomic mass is 127. The number of aromatic nitrogens is 2. The number of hydrogen-bond donors (Lipinski definition) is 0. The van der Waals surface area contributed by atoms with Gasteiger partial charge in [0.05, 0.1) is 22.1 Å². The standard InChI is InChI=1S/C38H26I2N2O2/c39-23-43-29-15-11-27(12-16-29)41-35-7-3-1-5-31(35)33-21-25(9-19-37(33)41)26-10-20-38-34(22-26)32-6-2-4-8-36(32)42(38)28-13-17-30(18-14-28)44-24-40/h1-22H,23-24H2. The van der Waals surface area contributed by atoms with Gasteiger partial charge in [-0.05, 0) is 141 Å². The van der Waals surface area contributed by atoms with Gasteiger partial charge in [-0.2, -0.15) is 0 Å². The third-order valence-corrected chi connectivity index (χ3v) is 8.93. The Labute approximate surface area is 282 Å².